The zero-order valence-corrected chi connectivity index (χ0v) is 14.8. The van der Waals surface area contributed by atoms with Crippen molar-refractivity contribution < 1.29 is 23.5 Å². The van der Waals surface area contributed by atoms with Crippen LogP contribution >= 0.6 is 11.3 Å². The number of nitrogens with zero attached hydrogens (tertiary/aromatic N) is 2. The normalized spacial score (nSPS) is 12.0. The number of thiazole rings is 1. The van der Waals surface area contributed by atoms with E-state index in [9.17, 15) is 18.8 Å². The highest BCUT2D eigenvalue weighted by atomic mass is 32.1. The zero-order chi connectivity index (χ0) is 19.3. The van der Waals surface area contributed by atoms with Gasteiger partial charge in [-0.05, 0) is 25.1 Å². The molecule has 26 heavy (non-hydrogen) atoms. The van der Waals surface area contributed by atoms with Crippen LogP contribution in [0.4, 0.5) is 15.2 Å². The lowest BCUT2D eigenvalue weighted by Gasteiger charge is -2.18. The minimum absolute atomic E-state index is 0.0829. The van der Waals surface area contributed by atoms with Crippen LogP contribution in [0.2, 0.25) is 0 Å². The van der Waals surface area contributed by atoms with Gasteiger partial charge in [-0.2, -0.15) is 0 Å². The summed E-state index contributed by atoms with van der Waals surface area (Å²) in [4.78, 5) is 39.7. The summed E-state index contributed by atoms with van der Waals surface area (Å²) in [7, 11) is 0. The van der Waals surface area contributed by atoms with Gasteiger partial charge in [0.2, 0.25) is 5.91 Å². The summed E-state index contributed by atoms with van der Waals surface area (Å²) < 4.78 is 18.8. The number of hydrogen-bond donors (Lipinski definition) is 1. The minimum Gasteiger partial charge on any atom is -0.449 e. The molecule has 0 saturated carbocycles. The lowest BCUT2D eigenvalue weighted by atomic mass is 10.3. The SMILES string of the molecule is CC(=O)N(c1nc(/C=C/C(=O)O[C@H](C)C(N)=O)cs1)c1ccccc1F. The molecular weight excluding hydrogens is 361 g/mol. The number of hydrogen-bond acceptors (Lipinski definition) is 6. The Labute approximate surface area is 152 Å². The molecule has 7 nitrogen and oxygen atoms in total. The van der Waals surface area contributed by atoms with Crippen molar-refractivity contribution in [2.45, 2.75) is 20.0 Å². The number of halogens is 1. The first-order valence-corrected chi connectivity index (χ1v) is 8.36. The number of benzene rings is 1. The van der Waals surface area contributed by atoms with E-state index in [2.05, 4.69) is 4.98 Å². The number of esters is 1. The summed E-state index contributed by atoms with van der Waals surface area (Å²) >= 11 is 1.11. The van der Waals surface area contributed by atoms with E-state index in [0.717, 1.165) is 22.3 Å². The molecule has 0 radical (unpaired) electrons. The molecule has 1 aromatic heterocycles. The predicted octanol–water partition coefficient (Wildman–Crippen LogP) is 2.40. The van der Waals surface area contributed by atoms with Crippen LogP contribution < -0.4 is 10.6 Å². The molecule has 0 aliphatic carbocycles. The van der Waals surface area contributed by atoms with Gasteiger partial charge >= 0.3 is 5.97 Å². The number of carbonyl (C=O) groups excluding carboxylic acids is 3. The summed E-state index contributed by atoms with van der Waals surface area (Å²) in [6.45, 7) is 2.65. The lowest BCUT2D eigenvalue weighted by molar-refractivity contribution is -0.148. The first kappa shape index (κ1) is 19.3. The van der Waals surface area contributed by atoms with Crippen LogP contribution in [0.25, 0.3) is 6.08 Å². The van der Waals surface area contributed by atoms with Gasteiger partial charge in [-0.3, -0.25) is 14.5 Å². The molecular formula is C17H16FN3O4S. The van der Waals surface area contributed by atoms with Crippen LogP contribution in [0.5, 0.6) is 0 Å². The number of carbonyl (C=O) groups is 3. The molecule has 1 atom stereocenters. The van der Waals surface area contributed by atoms with E-state index < -0.39 is 29.7 Å². The van der Waals surface area contributed by atoms with E-state index in [1.807, 2.05) is 0 Å². The van der Waals surface area contributed by atoms with Crippen LogP contribution in [0.15, 0.2) is 35.7 Å². The second-order valence-electron chi connectivity index (χ2n) is 5.18. The molecule has 0 fully saturated rings. The second kappa shape index (κ2) is 8.34. The Bertz CT molecular complexity index is 865. The maximum Gasteiger partial charge on any atom is 0.331 e. The maximum absolute atomic E-state index is 14.0. The molecule has 0 unspecified atom stereocenters. The number of para-hydroxylation sites is 1. The van der Waals surface area contributed by atoms with Crippen LogP contribution in [0.1, 0.15) is 19.5 Å². The Morgan fingerprint density at radius 3 is 2.65 bits per heavy atom. The smallest absolute Gasteiger partial charge is 0.331 e. The fourth-order valence-electron chi connectivity index (χ4n) is 1.92. The van der Waals surface area contributed by atoms with E-state index in [1.54, 1.807) is 11.4 Å². The van der Waals surface area contributed by atoms with Crippen LogP contribution in [-0.2, 0) is 19.1 Å². The molecule has 0 spiro atoms. The Morgan fingerprint density at radius 1 is 1.35 bits per heavy atom. The van der Waals surface area contributed by atoms with Crippen molar-refractivity contribution in [3.63, 3.8) is 0 Å². The molecule has 0 aliphatic rings. The second-order valence-corrected chi connectivity index (χ2v) is 6.01. The summed E-state index contributed by atoms with van der Waals surface area (Å²) in [6.07, 6.45) is 1.39. The Balaban J connectivity index is 2.18. The van der Waals surface area contributed by atoms with Crippen LogP contribution in [0.3, 0.4) is 0 Å². The topological polar surface area (TPSA) is 103 Å². The quantitative estimate of drug-likeness (QED) is 0.615. The maximum atomic E-state index is 14.0. The van der Waals surface area contributed by atoms with E-state index in [-0.39, 0.29) is 10.8 Å². The van der Waals surface area contributed by atoms with Gasteiger partial charge in [0.15, 0.2) is 11.2 Å². The minimum atomic E-state index is -1.05. The van der Waals surface area contributed by atoms with Crippen LogP contribution in [0, 0.1) is 5.82 Å². The number of amides is 2. The fourth-order valence-corrected chi connectivity index (χ4v) is 2.77. The average molecular weight is 377 g/mol. The van der Waals surface area contributed by atoms with Gasteiger partial charge < -0.3 is 10.5 Å². The summed E-state index contributed by atoms with van der Waals surface area (Å²) in [5.41, 5.74) is 5.46. The van der Waals surface area contributed by atoms with Gasteiger partial charge in [0, 0.05) is 18.4 Å². The fraction of sp³-hybridized carbons (Fsp3) is 0.176. The Morgan fingerprint density at radius 2 is 2.04 bits per heavy atom. The first-order chi connectivity index (χ1) is 12.3. The van der Waals surface area contributed by atoms with Gasteiger partial charge in [-0.15, -0.1) is 11.3 Å². The molecule has 9 heteroatoms. The third-order valence-corrected chi connectivity index (χ3v) is 4.04. The highest BCUT2D eigenvalue weighted by Crippen LogP contribution is 2.30. The molecule has 1 heterocycles. The van der Waals surface area contributed by atoms with E-state index in [4.69, 9.17) is 10.5 Å². The number of anilines is 2. The summed E-state index contributed by atoms with van der Waals surface area (Å²) in [5, 5.41) is 1.84. The van der Waals surface area contributed by atoms with Crippen molar-refractivity contribution in [2.24, 2.45) is 5.73 Å². The first-order valence-electron chi connectivity index (χ1n) is 7.48. The molecule has 0 aliphatic heterocycles. The highest BCUT2D eigenvalue weighted by molar-refractivity contribution is 7.14. The number of nitrogens with two attached hydrogens (primary N) is 1. The molecule has 2 rings (SSSR count). The standard InChI is InChI=1S/C17H16FN3O4S/c1-10(16(19)24)25-15(23)8-7-12-9-26-17(20-12)21(11(2)22)14-6-4-3-5-13(14)18/h3-10H,1-2H3,(H2,19,24)/b8-7+/t10-/m1/s1. The molecule has 0 bridgehead atoms. The van der Waals surface area contributed by atoms with E-state index in [1.165, 1.54) is 38.1 Å². The van der Waals surface area contributed by atoms with Gasteiger partial charge in [0.25, 0.3) is 5.91 Å². The van der Waals surface area contributed by atoms with Gasteiger partial charge in [-0.25, -0.2) is 14.2 Å². The number of aromatic nitrogens is 1. The van der Waals surface area contributed by atoms with Crippen molar-refractivity contribution in [1.82, 2.24) is 4.98 Å². The number of rotatable bonds is 6. The third kappa shape index (κ3) is 4.73. The van der Waals surface area contributed by atoms with E-state index in [0.29, 0.717) is 5.69 Å². The summed E-state index contributed by atoms with van der Waals surface area (Å²) in [6, 6.07) is 5.84. The molecule has 2 N–H and O–H groups in total. The Kier molecular flexibility index (Phi) is 6.18. The van der Waals surface area contributed by atoms with Crippen molar-refractivity contribution in [1.29, 1.82) is 0 Å². The van der Waals surface area contributed by atoms with Crippen molar-refractivity contribution >= 4 is 46.0 Å². The molecule has 0 saturated heterocycles. The van der Waals surface area contributed by atoms with Crippen molar-refractivity contribution in [3.05, 3.63) is 47.2 Å². The van der Waals surface area contributed by atoms with Gasteiger partial charge in [0.05, 0.1) is 11.4 Å². The number of ether oxygens (including phenoxy) is 1. The molecule has 2 aromatic rings. The van der Waals surface area contributed by atoms with Gasteiger partial charge in [-0.1, -0.05) is 12.1 Å². The monoisotopic (exact) mass is 377 g/mol. The number of primary amides is 1. The molecule has 2 amide bonds. The van der Waals surface area contributed by atoms with Crippen molar-refractivity contribution in [2.75, 3.05) is 4.90 Å². The molecule has 136 valence electrons. The third-order valence-electron chi connectivity index (χ3n) is 3.19. The van der Waals surface area contributed by atoms with E-state index >= 15 is 0 Å². The molecule has 1 aromatic carbocycles. The average Bonchev–Trinajstić information content (AvgIpc) is 3.03. The van der Waals surface area contributed by atoms with Crippen molar-refractivity contribution in [3.8, 4) is 0 Å². The Hall–Kier alpha value is -3.07. The predicted molar refractivity (Wildman–Crippen MR) is 95.1 cm³/mol. The highest BCUT2D eigenvalue weighted by Gasteiger charge is 2.20. The zero-order valence-electron chi connectivity index (χ0n) is 14.0. The summed E-state index contributed by atoms with van der Waals surface area (Å²) in [5.74, 6) is -2.48. The van der Waals surface area contributed by atoms with Crippen LogP contribution in [-0.4, -0.2) is 28.9 Å². The largest absolute Gasteiger partial charge is 0.449 e. The van der Waals surface area contributed by atoms with Gasteiger partial charge in [0.1, 0.15) is 5.82 Å². The lowest BCUT2D eigenvalue weighted by Crippen LogP contribution is -2.29.